The van der Waals surface area contributed by atoms with E-state index in [0.29, 0.717) is 9.21 Å². The van der Waals surface area contributed by atoms with E-state index in [-0.39, 0.29) is 12.5 Å². The van der Waals surface area contributed by atoms with E-state index in [1.807, 2.05) is 29.6 Å². The lowest BCUT2D eigenvalue weighted by atomic mass is 10.1. The summed E-state index contributed by atoms with van der Waals surface area (Å²) in [6.07, 6.45) is -0.722. The molecular weight excluding hydrogens is 326 g/mol. The molecule has 108 valence electrons. The third-order valence-corrected chi connectivity index (χ3v) is 5.33. The summed E-state index contributed by atoms with van der Waals surface area (Å²) in [6, 6.07) is 11.3. The molecule has 3 nitrogen and oxygen atoms in total. The normalized spacial score (nSPS) is 12.5. The molecule has 2 N–H and O–H groups in total. The van der Waals surface area contributed by atoms with E-state index in [0.717, 1.165) is 15.6 Å². The second kappa shape index (κ2) is 6.15. The van der Waals surface area contributed by atoms with E-state index in [9.17, 15) is 9.90 Å². The topological polar surface area (TPSA) is 49.3 Å². The molecule has 0 aliphatic heterocycles. The van der Waals surface area contributed by atoms with Gasteiger partial charge in [0.15, 0.2) is 0 Å². The number of nitrogens with one attached hydrogen (secondary N) is 1. The highest BCUT2D eigenvalue weighted by atomic mass is 35.5. The predicted molar refractivity (Wildman–Crippen MR) is 88.4 cm³/mol. The molecule has 21 heavy (non-hydrogen) atoms. The minimum atomic E-state index is -0.722. The molecule has 0 saturated heterocycles. The summed E-state index contributed by atoms with van der Waals surface area (Å²) in [5.74, 6) is -0.217. The number of thiophene rings is 2. The number of amides is 1. The zero-order valence-electron chi connectivity index (χ0n) is 10.9. The van der Waals surface area contributed by atoms with Gasteiger partial charge in [0.1, 0.15) is 0 Å². The van der Waals surface area contributed by atoms with Crippen LogP contribution in [0.2, 0.25) is 4.34 Å². The Morgan fingerprint density at radius 3 is 2.86 bits per heavy atom. The van der Waals surface area contributed by atoms with Gasteiger partial charge in [0.2, 0.25) is 0 Å². The van der Waals surface area contributed by atoms with Gasteiger partial charge in [-0.25, -0.2) is 0 Å². The van der Waals surface area contributed by atoms with Gasteiger partial charge in [-0.2, -0.15) is 0 Å². The summed E-state index contributed by atoms with van der Waals surface area (Å²) in [5.41, 5.74) is 0.847. The lowest BCUT2D eigenvalue weighted by molar-refractivity contribution is 0.0921. The van der Waals surface area contributed by atoms with Gasteiger partial charge in [0, 0.05) is 16.8 Å². The van der Waals surface area contributed by atoms with Crippen molar-refractivity contribution in [2.24, 2.45) is 0 Å². The van der Waals surface area contributed by atoms with Crippen molar-refractivity contribution in [1.82, 2.24) is 5.32 Å². The molecule has 3 rings (SSSR count). The van der Waals surface area contributed by atoms with Crippen molar-refractivity contribution in [3.05, 3.63) is 56.6 Å². The number of aliphatic hydroxyl groups is 1. The van der Waals surface area contributed by atoms with Gasteiger partial charge >= 0.3 is 0 Å². The molecule has 1 atom stereocenters. The quantitative estimate of drug-likeness (QED) is 0.753. The minimum Gasteiger partial charge on any atom is -0.387 e. The first-order valence-electron chi connectivity index (χ1n) is 6.33. The van der Waals surface area contributed by atoms with Crippen LogP contribution in [0.25, 0.3) is 10.1 Å². The Labute approximate surface area is 134 Å². The average molecular weight is 338 g/mol. The standard InChI is InChI=1S/C15H12ClNO2S2/c16-14-6-5-13(21-14)15(19)17-7-11(18)10-8-20-12-4-2-1-3-9(10)12/h1-6,8,11,18H,7H2,(H,17,19). The number of carbonyl (C=O) groups is 1. The second-order valence-electron chi connectivity index (χ2n) is 4.52. The van der Waals surface area contributed by atoms with Gasteiger partial charge in [-0.15, -0.1) is 22.7 Å². The van der Waals surface area contributed by atoms with Crippen LogP contribution in [0.4, 0.5) is 0 Å². The van der Waals surface area contributed by atoms with Crippen molar-refractivity contribution in [3.63, 3.8) is 0 Å². The van der Waals surface area contributed by atoms with Gasteiger partial charge in [-0.3, -0.25) is 4.79 Å². The number of fused-ring (bicyclic) bond motifs is 1. The molecule has 0 saturated carbocycles. The lowest BCUT2D eigenvalue weighted by Crippen LogP contribution is -2.27. The van der Waals surface area contributed by atoms with E-state index in [1.165, 1.54) is 11.3 Å². The molecule has 0 bridgehead atoms. The van der Waals surface area contributed by atoms with Crippen molar-refractivity contribution in [1.29, 1.82) is 0 Å². The Balaban J connectivity index is 1.69. The first-order valence-corrected chi connectivity index (χ1v) is 8.40. The summed E-state index contributed by atoms with van der Waals surface area (Å²) < 4.78 is 1.70. The van der Waals surface area contributed by atoms with Crippen LogP contribution in [0, 0.1) is 0 Å². The largest absolute Gasteiger partial charge is 0.387 e. The van der Waals surface area contributed by atoms with Crippen molar-refractivity contribution in [3.8, 4) is 0 Å². The van der Waals surface area contributed by atoms with Crippen molar-refractivity contribution in [2.75, 3.05) is 6.54 Å². The van der Waals surface area contributed by atoms with Gasteiger partial charge in [0.05, 0.1) is 15.3 Å². The van der Waals surface area contributed by atoms with E-state index in [4.69, 9.17) is 11.6 Å². The molecule has 1 aromatic carbocycles. The summed E-state index contributed by atoms with van der Waals surface area (Å²) in [7, 11) is 0. The van der Waals surface area contributed by atoms with Crippen LogP contribution in [0.15, 0.2) is 41.8 Å². The molecule has 0 aliphatic carbocycles. The van der Waals surface area contributed by atoms with Gasteiger partial charge in [-0.1, -0.05) is 29.8 Å². The van der Waals surface area contributed by atoms with Crippen LogP contribution in [0.3, 0.4) is 0 Å². The number of benzene rings is 1. The van der Waals surface area contributed by atoms with Crippen LogP contribution in [0.5, 0.6) is 0 Å². The third-order valence-electron chi connectivity index (χ3n) is 3.12. The van der Waals surface area contributed by atoms with Crippen molar-refractivity contribution in [2.45, 2.75) is 6.10 Å². The van der Waals surface area contributed by atoms with Crippen LogP contribution in [-0.2, 0) is 0 Å². The maximum absolute atomic E-state index is 11.9. The van der Waals surface area contributed by atoms with E-state index < -0.39 is 6.10 Å². The van der Waals surface area contributed by atoms with Crippen LogP contribution >= 0.6 is 34.3 Å². The van der Waals surface area contributed by atoms with Crippen LogP contribution < -0.4 is 5.32 Å². The highest BCUT2D eigenvalue weighted by Gasteiger charge is 2.15. The van der Waals surface area contributed by atoms with Gasteiger partial charge < -0.3 is 10.4 Å². The molecule has 1 unspecified atom stereocenters. The third kappa shape index (κ3) is 3.11. The number of carbonyl (C=O) groups excluding carboxylic acids is 1. The Kier molecular flexibility index (Phi) is 4.26. The monoisotopic (exact) mass is 337 g/mol. The second-order valence-corrected chi connectivity index (χ2v) is 7.14. The Morgan fingerprint density at radius 1 is 1.29 bits per heavy atom. The fourth-order valence-electron chi connectivity index (χ4n) is 2.08. The first-order chi connectivity index (χ1) is 10.1. The fourth-order valence-corrected chi connectivity index (χ4v) is 4.05. The fraction of sp³-hybridized carbons (Fsp3) is 0.133. The molecular formula is C15H12ClNO2S2. The maximum atomic E-state index is 11.9. The molecule has 2 aromatic heterocycles. The number of rotatable bonds is 4. The zero-order valence-corrected chi connectivity index (χ0v) is 13.3. The molecule has 0 spiro atoms. The highest BCUT2D eigenvalue weighted by Crippen LogP contribution is 2.30. The van der Waals surface area contributed by atoms with E-state index in [1.54, 1.807) is 23.5 Å². The molecule has 1 amide bonds. The molecule has 3 aromatic rings. The Morgan fingerprint density at radius 2 is 2.10 bits per heavy atom. The minimum absolute atomic E-state index is 0.176. The average Bonchev–Trinajstić information content (AvgIpc) is 3.10. The molecule has 2 heterocycles. The van der Waals surface area contributed by atoms with Crippen molar-refractivity contribution < 1.29 is 9.90 Å². The van der Waals surface area contributed by atoms with Crippen LogP contribution in [0.1, 0.15) is 21.3 Å². The lowest BCUT2D eigenvalue weighted by Gasteiger charge is -2.11. The summed E-state index contributed by atoms with van der Waals surface area (Å²) in [6.45, 7) is 0.176. The van der Waals surface area contributed by atoms with Gasteiger partial charge in [0.25, 0.3) is 5.91 Å². The van der Waals surface area contributed by atoms with E-state index >= 15 is 0 Å². The molecule has 0 radical (unpaired) electrons. The summed E-state index contributed by atoms with van der Waals surface area (Å²) >= 11 is 8.61. The Hall–Kier alpha value is -1.40. The molecule has 6 heteroatoms. The summed E-state index contributed by atoms with van der Waals surface area (Å²) in [4.78, 5) is 12.5. The maximum Gasteiger partial charge on any atom is 0.261 e. The molecule has 0 fully saturated rings. The SMILES string of the molecule is O=C(NCC(O)c1csc2ccccc12)c1ccc(Cl)s1. The summed E-state index contributed by atoms with van der Waals surface area (Å²) in [5, 5.41) is 16.0. The van der Waals surface area contributed by atoms with Crippen LogP contribution in [-0.4, -0.2) is 17.6 Å². The highest BCUT2D eigenvalue weighted by molar-refractivity contribution is 7.18. The number of hydrogen-bond acceptors (Lipinski definition) is 4. The predicted octanol–water partition coefficient (Wildman–Crippen LogP) is 4.08. The van der Waals surface area contributed by atoms with Gasteiger partial charge in [-0.05, 0) is 29.0 Å². The van der Waals surface area contributed by atoms with E-state index in [2.05, 4.69) is 5.32 Å². The number of hydrogen-bond donors (Lipinski definition) is 2. The zero-order chi connectivity index (χ0) is 14.8. The Bertz CT molecular complexity index is 781. The first kappa shape index (κ1) is 14.5. The number of halogens is 1. The van der Waals surface area contributed by atoms with Crippen molar-refractivity contribution >= 4 is 50.3 Å². The smallest absolute Gasteiger partial charge is 0.261 e. The molecule has 0 aliphatic rings. The number of aliphatic hydroxyl groups excluding tert-OH is 1.